The highest BCUT2D eigenvalue weighted by molar-refractivity contribution is 5.11. The number of nitrogens with two attached hydrogens (primary N) is 1. The Morgan fingerprint density at radius 2 is 1.94 bits per heavy atom. The van der Waals surface area contributed by atoms with Crippen molar-refractivity contribution in [1.82, 2.24) is 20.2 Å². The molecule has 1 heterocycles. The molecular formula is C12H19N5. The highest BCUT2D eigenvalue weighted by atomic mass is 15.6. The van der Waals surface area contributed by atoms with Crippen molar-refractivity contribution >= 4 is 0 Å². The van der Waals surface area contributed by atoms with Crippen molar-refractivity contribution < 1.29 is 0 Å². The predicted octanol–water partition coefficient (Wildman–Crippen LogP) is 0.988. The van der Waals surface area contributed by atoms with Crippen LogP contribution in [0.2, 0.25) is 0 Å². The standard InChI is InChI=1S/C12H19N5/c1-8-14-16-17(15-8)12-5-9-2-10(6-12)4-11(13,3-9)7-12/h9-10H,2-7,13H2,1H3/t9-,10-,11?,12?/m0/s1. The molecule has 4 aliphatic carbocycles. The molecule has 1 aromatic heterocycles. The largest absolute Gasteiger partial charge is 0.325 e. The van der Waals surface area contributed by atoms with Crippen LogP contribution < -0.4 is 5.73 Å². The molecule has 92 valence electrons. The molecule has 0 saturated heterocycles. The van der Waals surface area contributed by atoms with Crippen molar-refractivity contribution in [3.8, 4) is 0 Å². The van der Waals surface area contributed by atoms with Crippen LogP contribution in [-0.4, -0.2) is 25.7 Å². The third kappa shape index (κ3) is 1.32. The molecule has 5 heteroatoms. The summed E-state index contributed by atoms with van der Waals surface area (Å²) in [5, 5.41) is 12.8. The molecule has 4 fully saturated rings. The lowest BCUT2D eigenvalue weighted by molar-refractivity contribution is -0.0709. The third-order valence-corrected chi connectivity index (χ3v) is 5.01. The molecular weight excluding hydrogens is 214 g/mol. The highest BCUT2D eigenvalue weighted by Crippen LogP contribution is 2.59. The maximum absolute atomic E-state index is 6.56. The molecule has 17 heavy (non-hydrogen) atoms. The number of aromatic nitrogens is 4. The van der Waals surface area contributed by atoms with E-state index in [0.29, 0.717) is 0 Å². The molecule has 1 aromatic rings. The summed E-state index contributed by atoms with van der Waals surface area (Å²) in [5.74, 6) is 2.34. The second-order valence-corrected chi connectivity index (χ2v) is 6.67. The van der Waals surface area contributed by atoms with Gasteiger partial charge in [0, 0.05) is 5.54 Å². The summed E-state index contributed by atoms with van der Waals surface area (Å²) >= 11 is 0. The number of hydrogen-bond donors (Lipinski definition) is 1. The van der Waals surface area contributed by atoms with Gasteiger partial charge in [0.05, 0.1) is 5.54 Å². The van der Waals surface area contributed by atoms with Gasteiger partial charge in [0.15, 0.2) is 5.82 Å². The zero-order valence-electron chi connectivity index (χ0n) is 10.3. The highest BCUT2D eigenvalue weighted by Gasteiger charge is 2.58. The molecule has 5 nitrogen and oxygen atoms in total. The lowest BCUT2D eigenvalue weighted by atomic mass is 9.50. The smallest absolute Gasteiger partial charge is 0.171 e. The summed E-state index contributed by atoms with van der Waals surface area (Å²) < 4.78 is 0. The first-order chi connectivity index (χ1) is 8.07. The van der Waals surface area contributed by atoms with E-state index in [1.807, 2.05) is 11.7 Å². The summed E-state index contributed by atoms with van der Waals surface area (Å²) in [5.41, 5.74) is 6.69. The lowest BCUT2D eigenvalue weighted by Crippen LogP contribution is -2.63. The van der Waals surface area contributed by atoms with Crippen LogP contribution in [0.25, 0.3) is 0 Å². The van der Waals surface area contributed by atoms with Crippen LogP contribution in [0.5, 0.6) is 0 Å². The van der Waals surface area contributed by atoms with E-state index in [-0.39, 0.29) is 11.1 Å². The molecule has 0 radical (unpaired) electrons. The molecule has 0 aliphatic heterocycles. The fraction of sp³-hybridized carbons (Fsp3) is 0.917. The molecule has 0 spiro atoms. The maximum Gasteiger partial charge on any atom is 0.171 e. The molecule has 2 atom stereocenters. The Labute approximate surface area is 101 Å². The van der Waals surface area contributed by atoms with E-state index >= 15 is 0 Å². The van der Waals surface area contributed by atoms with Gasteiger partial charge in [-0.1, -0.05) is 0 Å². The number of tetrazole rings is 1. The van der Waals surface area contributed by atoms with Crippen molar-refractivity contribution in [3.63, 3.8) is 0 Å². The first-order valence-electron chi connectivity index (χ1n) is 6.63. The molecule has 2 N–H and O–H groups in total. The van der Waals surface area contributed by atoms with E-state index in [2.05, 4.69) is 15.4 Å². The Morgan fingerprint density at radius 1 is 1.24 bits per heavy atom. The molecule has 0 aromatic carbocycles. The zero-order chi connectivity index (χ0) is 11.7. The molecule has 4 bridgehead atoms. The maximum atomic E-state index is 6.56. The fourth-order valence-corrected chi connectivity index (χ4v) is 5.00. The van der Waals surface area contributed by atoms with Crippen LogP contribution in [-0.2, 0) is 5.54 Å². The van der Waals surface area contributed by atoms with Crippen LogP contribution in [0.15, 0.2) is 0 Å². The Hall–Kier alpha value is -0.970. The molecule has 0 amide bonds. The van der Waals surface area contributed by atoms with E-state index in [9.17, 15) is 0 Å². The van der Waals surface area contributed by atoms with E-state index in [1.54, 1.807) is 0 Å². The second-order valence-electron chi connectivity index (χ2n) is 6.67. The van der Waals surface area contributed by atoms with Gasteiger partial charge in [-0.3, -0.25) is 0 Å². The van der Waals surface area contributed by atoms with Gasteiger partial charge in [0.2, 0.25) is 0 Å². The van der Waals surface area contributed by atoms with Crippen LogP contribution in [0.4, 0.5) is 0 Å². The summed E-state index contributed by atoms with van der Waals surface area (Å²) in [7, 11) is 0. The second kappa shape index (κ2) is 2.88. The Morgan fingerprint density at radius 3 is 2.47 bits per heavy atom. The lowest BCUT2D eigenvalue weighted by Gasteiger charge is -2.59. The van der Waals surface area contributed by atoms with Gasteiger partial charge < -0.3 is 5.73 Å². The van der Waals surface area contributed by atoms with Crippen molar-refractivity contribution in [1.29, 1.82) is 0 Å². The molecule has 4 saturated carbocycles. The quantitative estimate of drug-likeness (QED) is 0.785. The van der Waals surface area contributed by atoms with Gasteiger partial charge in [0.25, 0.3) is 0 Å². The van der Waals surface area contributed by atoms with Crippen LogP contribution >= 0.6 is 0 Å². The van der Waals surface area contributed by atoms with E-state index < -0.39 is 0 Å². The third-order valence-electron chi connectivity index (χ3n) is 5.01. The number of nitrogens with zero attached hydrogens (tertiary/aromatic N) is 4. The minimum absolute atomic E-state index is 0.0472. The van der Waals surface area contributed by atoms with Crippen LogP contribution in [0.1, 0.15) is 44.3 Å². The monoisotopic (exact) mass is 233 g/mol. The SMILES string of the molecule is Cc1nnn(C23C[C@H]4C[C@@H](CC(N)(C4)C2)C3)n1. The minimum Gasteiger partial charge on any atom is -0.325 e. The topological polar surface area (TPSA) is 69.6 Å². The van der Waals surface area contributed by atoms with Gasteiger partial charge in [-0.05, 0) is 62.5 Å². The van der Waals surface area contributed by atoms with Crippen LogP contribution in [0, 0.1) is 18.8 Å². The first-order valence-corrected chi connectivity index (χ1v) is 6.63. The molecule has 4 aliphatic rings. The summed E-state index contributed by atoms with van der Waals surface area (Å²) in [6.07, 6.45) is 7.24. The van der Waals surface area contributed by atoms with Gasteiger partial charge >= 0.3 is 0 Å². The Balaban J connectivity index is 1.79. The predicted molar refractivity (Wildman–Crippen MR) is 62.1 cm³/mol. The Kier molecular flexibility index (Phi) is 1.70. The van der Waals surface area contributed by atoms with E-state index in [0.717, 1.165) is 24.1 Å². The zero-order valence-corrected chi connectivity index (χ0v) is 10.3. The summed E-state index contributed by atoms with van der Waals surface area (Å²) in [6, 6.07) is 0. The van der Waals surface area contributed by atoms with E-state index in [4.69, 9.17) is 5.73 Å². The minimum atomic E-state index is 0.0472. The normalized spacial score (nSPS) is 47.6. The fourth-order valence-electron chi connectivity index (χ4n) is 5.00. The van der Waals surface area contributed by atoms with Crippen molar-refractivity contribution in [3.05, 3.63) is 5.82 Å². The number of aryl methyl sites for hydroxylation is 1. The van der Waals surface area contributed by atoms with Crippen molar-refractivity contribution in [2.45, 2.75) is 56.5 Å². The van der Waals surface area contributed by atoms with Gasteiger partial charge in [-0.25, -0.2) is 0 Å². The first kappa shape index (κ1) is 10.00. The molecule has 0 unspecified atom stereocenters. The van der Waals surface area contributed by atoms with Crippen molar-refractivity contribution in [2.24, 2.45) is 17.6 Å². The number of rotatable bonds is 1. The summed E-state index contributed by atoms with van der Waals surface area (Å²) in [6.45, 7) is 1.90. The Bertz CT molecular complexity index is 451. The van der Waals surface area contributed by atoms with Gasteiger partial charge in [-0.15, -0.1) is 10.2 Å². The molecule has 5 rings (SSSR count). The van der Waals surface area contributed by atoms with Gasteiger partial charge in [-0.2, -0.15) is 4.80 Å². The van der Waals surface area contributed by atoms with Crippen molar-refractivity contribution in [2.75, 3.05) is 0 Å². The number of hydrogen-bond acceptors (Lipinski definition) is 4. The average Bonchev–Trinajstić information content (AvgIpc) is 2.61. The van der Waals surface area contributed by atoms with Gasteiger partial charge in [0.1, 0.15) is 0 Å². The summed E-state index contributed by atoms with van der Waals surface area (Å²) in [4.78, 5) is 1.89. The average molecular weight is 233 g/mol. The van der Waals surface area contributed by atoms with E-state index in [1.165, 1.54) is 32.1 Å². The van der Waals surface area contributed by atoms with Crippen LogP contribution in [0.3, 0.4) is 0 Å².